The Morgan fingerprint density at radius 3 is 2.64 bits per heavy atom. The van der Waals surface area contributed by atoms with E-state index in [9.17, 15) is 15.3 Å². The summed E-state index contributed by atoms with van der Waals surface area (Å²) in [7, 11) is 3.13. The van der Waals surface area contributed by atoms with Crippen molar-refractivity contribution >= 4 is 23.3 Å². The molecule has 0 atom stereocenters. The molecule has 1 amide bonds. The van der Waals surface area contributed by atoms with E-state index in [0.29, 0.717) is 11.5 Å². The third-order valence-corrected chi connectivity index (χ3v) is 7.81. The van der Waals surface area contributed by atoms with Gasteiger partial charge < -0.3 is 19.4 Å². The molecule has 2 aromatic heterocycles. The van der Waals surface area contributed by atoms with E-state index < -0.39 is 5.91 Å². The Hall–Kier alpha value is -4.01. The number of methoxy groups -OCH3 is 2. The molecule has 36 heavy (non-hydrogen) atoms. The molecule has 8 heteroatoms. The predicted octanol–water partition coefficient (Wildman–Crippen LogP) is 5.15. The molecule has 0 radical (unpaired) electrons. The van der Waals surface area contributed by atoms with Gasteiger partial charge in [-0.3, -0.25) is 4.79 Å². The van der Waals surface area contributed by atoms with Crippen LogP contribution in [0.25, 0.3) is 11.1 Å². The molecule has 1 aromatic carbocycles. The molecule has 1 aliphatic rings. The Bertz CT molecular complexity index is 1430. The molecule has 7 nitrogen and oxygen atoms in total. The van der Waals surface area contributed by atoms with Crippen molar-refractivity contribution in [2.45, 2.75) is 46.1 Å². The summed E-state index contributed by atoms with van der Waals surface area (Å²) >= 11 is 1.68. The van der Waals surface area contributed by atoms with Crippen molar-refractivity contribution in [3.05, 3.63) is 68.4 Å². The molecular formula is C28H28N4O3S. The van der Waals surface area contributed by atoms with Gasteiger partial charge in [0.1, 0.15) is 34.2 Å². The number of ether oxygens (including phenoxy) is 2. The summed E-state index contributed by atoms with van der Waals surface area (Å²) < 4.78 is 12.7. The Morgan fingerprint density at radius 1 is 1.17 bits per heavy atom. The van der Waals surface area contributed by atoms with Crippen LogP contribution in [0.2, 0.25) is 0 Å². The van der Waals surface area contributed by atoms with Crippen LogP contribution in [0.1, 0.15) is 51.4 Å². The van der Waals surface area contributed by atoms with Crippen LogP contribution in [0.4, 0.5) is 0 Å². The smallest absolute Gasteiger partial charge is 0.262 e. The molecule has 3 aromatic rings. The van der Waals surface area contributed by atoms with Crippen LogP contribution in [0.15, 0.2) is 29.8 Å². The van der Waals surface area contributed by atoms with E-state index >= 15 is 0 Å². The zero-order chi connectivity index (χ0) is 25.8. The summed E-state index contributed by atoms with van der Waals surface area (Å²) in [4.78, 5) is 14.2. The molecule has 1 aliphatic carbocycles. The van der Waals surface area contributed by atoms with Crippen LogP contribution in [0.3, 0.4) is 0 Å². The normalized spacial score (nSPS) is 12.9. The van der Waals surface area contributed by atoms with Gasteiger partial charge in [-0.2, -0.15) is 10.5 Å². The third-order valence-electron chi connectivity index (χ3n) is 6.54. The monoisotopic (exact) mass is 500 g/mol. The molecule has 0 bridgehead atoms. The van der Waals surface area contributed by atoms with Crippen molar-refractivity contribution in [3.8, 4) is 28.6 Å². The first-order chi connectivity index (χ1) is 17.4. The van der Waals surface area contributed by atoms with Crippen LogP contribution >= 0.6 is 11.3 Å². The minimum atomic E-state index is -0.468. The highest BCUT2D eigenvalue weighted by molar-refractivity contribution is 7.15. The molecule has 0 saturated carbocycles. The van der Waals surface area contributed by atoms with Crippen LogP contribution in [0.5, 0.6) is 11.5 Å². The second-order valence-corrected chi connectivity index (χ2v) is 9.78. The van der Waals surface area contributed by atoms with E-state index in [1.54, 1.807) is 43.8 Å². The second-order valence-electron chi connectivity index (χ2n) is 8.70. The van der Waals surface area contributed by atoms with Gasteiger partial charge >= 0.3 is 0 Å². The number of thiophene rings is 1. The third kappa shape index (κ3) is 4.73. The lowest BCUT2D eigenvalue weighted by Crippen LogP contribution is -2.24. The summed E-state index contributed by atoms with van der Waals surface area (Å²) in [6, 6.07) is 11.8. The summed E-state index contributed by atoms with van der Waals surface area (Å²) in [6.07, 6.45) is 5.83. The van der Waals surface area contributed by atoms with Gasteiger partial charge in [-0.05, 0) is 74.9 Å². The van der Waals surface area contributed by atoms with Gasteiger partial charge in [0.2, 0.25) is 0 Å². The lowest BCUT2D eigenvalue weighted by Gasteiger charge is -2.11. The van der Waals surface area contributed by atoms with E-state index in [0.717, 1.165) is 58.8 Å². The fourth-order valence-corrected chi connectivity index (χ4v) is 6.09. The largest absolute Gasteiger partial charge is 0.497 e. The molecule has 184 valence electrons. The standard InChI is InChI=1S/C28H28N4O3S/c1-17-11-20(18(2)32(17)28-24(15-30)23-7-5-6-8-26(23)36-28)12-21(14-29)27(33)31-16-19-9-10-22(34-3)13-25(19)35-4/h9-13H,5-8,16H2,1-4H3,(H,31,33)/b21-12+. The first kappa shape index (κ1) is 25.1. The van der Waals surface area contributed by atoms with Gasteiger partial charge in [-0.25, -0.2) is 0 Å². The number of nitriles is 2. The van der Waals surface area contributed by atoms with E-state index in [1.165, 1.54) is 10.4 Å². The van der Waals surface area contributed by atoms with Gasteiger partial charge in [0.05, 0.1) is 19.8 Å². The molecule has 0 unspecified atom stereocenters. The SMILES string of the molecule is COc1ccc(CNC(=O)/C(C#N)=C/c2cc(C)n(-c3sc4c(c3C#N)CCCC4)c2C)c(OC)c1. The number of carbonyl (C=O) groups excluding carboxylic acids is 1. The van der Waals surface area contributed by atoms with Gasteiger partial charge in [-0.15, -0.1) is 11.3 Å². The van der Waals surface area contributed by atoms with E-state index in [1.807, 2.05) is 32.0 Å². The maximum absolute atomic E-state index is 12.9. The van der Waals surface area contributed by atoms with E-state index in [2.05, 4.69) is 16.0 Å². The van der Waals surface area contributed by atoms with Crippen LogP contribution < -0.4 is 14.8 Å². The van der Waals surface area contributed by atoms with Crippen LogP contribution in [-0.4, -0.2) is 24.7 Å². The van der Waals surface area contributed by atoms with E-state index in [-0.39, 0.29) is 12.1 Å². The number of rotatable bonds is 7. The number of benzene rings is 1. The Kier molecular flexibility index (Phi) is 7.47. The number of hydrogen-bond donors (Lipinski definition) is 1. The van der Waals surface area contributed by atoms with Crippen molar-refractivity contribution in [1.29, 1.82) is 10.5 Å². The number of aromatic nitrogens is 1. The quantitative estimate of drug-likeness (QED) is 0.357. The predicted molar refractivity (Wildman–Crippen MR) is 139 cm³/mol. The highest BCUT2D eigenvalue weighted by Crippen LogP contribution is 2.38. The van der Waals surface area contributed by atoms with Crippen molar-refractivity contribution in [2.24, 2.45) is 0 Å². The number of aryl methyl sites for hydroxylation is 2. The Morgan fingerprint density at radius 2 is 1.94 bits per heavy atom. The first-order valence-electron chi connectivity index (χ1n) is 11.8. The Labute approximate surface area is 215 Å². The van der Waals surface area contributed by atoms with Crippen LogP contribution in [0, 0.1) is 36.5 Å². The fourth-order valence-electron chi connectivity index (χ4n) is 4.64. The molecule has 0 aliphatic heterocycles. The zero-order valence-electron chi connectivity index (χ0n) is 20.9. The maximum atomic E-state index is 12.9. The van der Waals surface area contributed by atoms with Gasteiger partial charge in [0, 0.05) is 34.4 Å². The van der Waals surface area contributed by atoms with Crippen molar-refractivity contribution in [1.82, 2.24) is 9.88 Å². The lowest BCUT2D eigenvalue weighted by atomic mass is 9.96. The second kappa shape index (κ2) is 10.7. The van der Waals surface area contributed by atoms with E-state index in [4.69, 9.17) is 9.47 Å². The average Bonchev–Trinajstić information content (AvgIpc) is 3.40. The number of nitrogens with zero attached hydrogens (tertiary/aromatic N) is 3. The number of fused-ring (bicyclic) bond motifs is 1. The highest BCUT2D eigenvalue weighted by Gasteiger charge is 2.24. The summed E-state index contributed by atoms with van der Waals surface area (Å²) in [5.41, 5.74) is 5.32. The number of carbonyl (C=O) groups is 1. The summed E-state index contributed by atoms with van der Waals surface area (Å²) in [6.45, 7) is 4.14. The van der Waals surface area contributed by atoms with Gasteiger partial charge in [0.25, 0.3) is 5.91 Å². The highest BCUT2D eigenvalue weighted by atomic mass is 32.1. The average molecular weight is 501 g/mol. The molecule has 4 rings (SSSR count). The molecule has 2 heterocycles. The molecular weight excluding hydrogens is 472 g/mol. The number of nitrogens with one attached hydrogen (secondary N) is 1. The van der Waals surface area contributed by atoms with Gasteiger partial charge in [-0.1, -0.05) is 0 Å². The molecule has 0 spiro atoms. The van der Waals surface area contributed by atoms with Crippen LogP contribution in [-0.2, 0) is 24.2 Å². The maximum Gasteiger partial charge on any atom is 0.262 e. The molecule has 0 fully saturated rings. The van der Waals surface area contributed by atoms with Crippen molar-refractivity contribution in [3.63, 3.8) is 0 Å². The number of amides is 1. The molecule has 0 saturated heterocycles. The summed E-state index contributed by atoms with van der Waals surface area (Å²) in [5, 5.41) is 23.4. The zero-order valence-corrected chi connectivity index (χ0v) is 21.7. The number of hydrogen-bond acceptors (Lipinski definition) is 6. The van der Waals surface area contributed by atoms with Crippen molar-refractivity contribution in [2.75, 3.05) is 14.2 Å². The van der Waals surface area contributed by atoms with Gasteiger partial charge in [0.15, 0.2) is 0 Å². The summed E-state index contributed by atoms with van der Waals surface area (Å²) in [5.74, 6) is 0.776. The minimum absolute atomic E-state index is 0.00806. The lowest BCUT2D eigenvalue weighted by molar-refractivity contribution is -0.117. The Balaban J connectivity index is 1.60. The minimum Gasteiger partial charge on any atom is -0.497 e. The first-order valence-corrected chi connectivity index (χ1v) is 12.6. The fraction of sp³-hybridized carbons (Fsp3) is 0.321. The molecule has 1 N–H and O–H groups in total. The van der Waals surface area contributed by atoms with Crippen molar-refractivity contribution < 1.29 is 14.3 Å². The topological polar surface area (TPSA) is 100 Å².